The number of carbonyl (C=O) groups is 3. The zero-order valence-corrected chi connectivity index (χ0v) is 9.06. The van der Waals surface area contributed by atoms with E-state index in [1.165, 1.54) is 12.1 Å². The van der Waals surface area contributed by atoms with Crippen LogP contribution in [0.25, 0.3) is 0 Å². The molecule has 1 fully saturated rings. The maximum absolute atomic E-state index is 11.5. The molecule has 88 valence electrons. The molecule has 2 N–H and O–H groups in total. The Morgan fingerprint density at radius 1 is 1.41 bits per heavy atom. The Balaban J connectivity index is 2.50. The lowest BCUT2D eigenvalue weighted by atomic mass is 10.1. The van der Waals surface area contributed by atoms with Crippen LogP contribution in [0.2, 0.25) is 0 Å². The molecular formula is C11H10N2O4. The molecule has 1 aromatic rings. The van der Waals surface area contributed by atoms with Crippen molar-refractivity contribution in [1.29, 1.82) is 0 Å². The first-order valence-corrected chi connectivity index (χ1v) is 4.95. The minimum Gasteiger partial charge on any atom is -0.478 e. The average molecular weight is 234 g/mol. The van der Waals surface area contributed by atoms with Crippen LogP contribution < -0.4 is 10.2 Å². The van der Waals surface area contributed by atoms with Crippen molar-refractivity contribution in [2.24, 2.45) is 0 Å². The molecule has 6 nitrogen and oxygen atoms in total. The second-order valence-corrected chi connectivity index (χ2v) is 3.69. The summed E-state index contributed by atoms with van der Waals surface area (Å²) < 4.78 is 0. The highest BCUT2D eigenvalue weighted by molar-refractivity contribution is 6.20. The van der Waals surface area contributed by atoms with Gasteiger partial charge in [-0.15, -0.1) is 0 Å². The third-order valence-corrected chi connectivity index (χ3v) is 2.54. The number of nitrogens with zero attached hydrogens (tertiary/aromatic N) is 1. The van der Waals surface area contributed by atoms with E-state index in [-0.39, 0.29) is 18.0 Å². The molecule has 3 amide bonds. The van der Waals surface area contributed by atoms with Crippen LogP contribution in [0.3, 0.4) is 0 Å². The van der Waals surface area contributed by atoms with Crippen LogP contribution in [0.5, 0.6) is 0 Å². The molecule has 0 aromatic heterocycles. The van der Waals surface area contributed by atoms with E-state index >= 15 is 0 Å². The fourth-order valence-corrected chi connectivity index (χ4v) is 1.65. The number of amides is 3. The van der Waals surface area contributed by atoms with Crippen molar-refractivity contribution >= 4 is 23.6 Å². The standard InChI is InChI=1S/C11H10N2O4/c1-6-2-3-7(10(15)16)4-8(6)13-9(14)5-12-11(13)17/h2-4H,5H2,1H3,(H,12,17)(H,15,16). The van der Waals surface area contributed by atoms with Gasteiger partial charge in [-0.3, -0.25) is 4.79 Å². The van der Waals surface area contributed by atoms with Crippen molar-refractivity contribution in [3.05, 3.63) is 29.3 Å². The fourth-order valence-electron chi connectivity index (χ4n) is 1.65. The van der Waals surface area contributed by atoms with Gasteiger partial charge in [0.25, 0.3) is 5.91 Å². The Hall–Kier alpha value is -2.37. The number of aryl methyl sites for hydroxylation is 1. The van der Waals surface area contributed by atoms with Crippen LogP contribution in [0.4, 0.5) is 10.5 Å². The molecule has 6 heteroatoms. The Morgan fingerprint density at radius 2 is 2.12 bits per heavy atom. The molecule has 1 aromatic carbocycles. The highest BCUT2D eigenvalue weighted by Crippen LogP contribution is 2.23. The highest BCUT2D eigenvalue weighted by atomic mass is 16.4. The number of nitrogens with one attached hydrogen (secondary N) is 1. The van der Waals surface area contributed by atoms with E-state index in [4.69, 9.17) is 5.11 Å². The minimum atomic E-state index is -1.10. The summed E-state index contributed by atoms with van der Waals surface area (Å²) in [6.07, 6.45) is 0. The van der Waals surface area contributed by atoms with Crippen molar-refractivity contribution in [2.75, 3.05) is 11.4 Å². The zero-order valence-electron chi connectivity index (χ0n) is 9.06. The first-order chi connectivity index (χ1) is 8.00. The lowest BCUT2D eigenvalue weighted by molar-refractivity contribution is -0.115. The predicted octanol–water partition coefficient (Wildman–Crippen LogP) is 0.749. The number of carbonyl (C=O) groups excluding carboxylic acids is 2. The van der Waals surface area contributed by atoms with Gasteiger partial charge < -0.3 is 10.4 Å². The number of carboxylic acids is 1. The van der Waals surface area contributed by atoms with Gasteiger partial charge in [-0.2, -0.15) is 0 Å². The maximum atomic E-state index is 11.5. The lowest BCUT2D eigenvalue weighted by Gasteiger charge is -2.15. The van der Waals surface area contributed by atoms with Crippen LogP contribution in [0, 0.1) is 6.92 Å². The highest BCUT2D eigenvalue weighted by Gasteiger charge is 2.31. The molecular weight excluding hydrogens is 224 g/mol. The van der Waals surface area contributed by atoms with Crippen LogP contribution >= 0.6 is 0 Å². The van der Waals surface area contributed by atoms with Gasteiger partial charge in [0, 0.05) is 0 Å². The van der Waals surface area contributed by atoms with Crippen LogP contribution in [0.1, 0.15) is 15.9 Å². The molecule has 17 heavy (non-hydrogen) atoms. The Kier molecular flexibility index (Phi) is 2.55. The number of anilines is 1. The molecule has 0 saturated carbocycles. The van der Waals surface area contributed by atoms with E-state index in [0.717, 1.165) is 4.90 Å². The Morgan fingerprint density at radius 3 is 2.65 bits per heavy atom. The summed E-state index contributed by atoms with van der Waals surface area (Å²) in [6.45, 7) is 1.65. The number of aromatic carboxylic acids is 1. The number of hydrogen-bond acceptors (Lipinski definition) is 3. The largest absolute Gasteiger partial charge is 0.478 e. The van der Waals surface area contributed by atoms with Crippen LogP contribution in [0.15, 0.2) is 18.2 Å². The number of rotatable bonds is 2. The van der Waals surface area contributed by atoms with Gasteiger partial charge in [-0.1, -0.05) is 6.07 Å². The van der Waals surface area contributed by atoms with E-state index in [2.05, 4.69) is 5.32 Å². The smallest absolute Gasteiger partial charge is 0.335 e. The van der Waals surface area contributed by atoms with Crippen LogP contribution in [-0.2, 0) is 4.79 Å². The Bertz CT molecular complexity index is 508. The molecule has 0 atom stereocenters. The summed E-state index contributed by atoms with van der Waals surface area (Å²) >= 11 is 0. The number of carboxylic acid groups (broad SMARTS) is 1. The van der Waals surface area contributed by atoms with Crippen molar-refractivity contribution < 1.29 is 19.5 Å². The number of hydrogen-bond donors (Lipinski definition) is 2. The van der Waals surface area contributed by atoms with Gasteiger partial charge in [-0.05, 0) is 24.6 Å². The van der Waals surface area contributed by atoms with E-state index < -0.39 is 12.0 Å². The van der Waals surface area contributed by atoms with Crippen molar-refractivity contribution in [3.63, 3.8) is 0 Å². The third-order valence-electron chi connectivity index (χ3n) is 2.54. The van der Waals surface area contributed by atoms with Gasteiger partial charge in [-0.25, -0.2) is 14.5 Å². The van der Waals surface area contributed by atoms with Gasteiger partial charge >= 0.3 is 12.0 Å². The second-order valence-electron chi connectivity index (χ2n) is 3.69. The molecule has 0 unspecified atom stereocenters. The van der Waals surface area contributed by atoms with E-state index in [9.17, 15) is 14.4 Å². The predicted molar refractivity (Wildman–Crippen MR) is 59.0 cm³/mol. The second kappa shape index (κ2) is 3.89. The topological polar surface area (TPSA) is 86.7 Å². The number of benzene rings is 1. The maximum Gasteiger partial charge on any atom is 0.335 e. The van der Waals surface area contributed by atoms with Gasteiger partial charge in [0.15, 0.2) is 0 Å². The number of urea groups is 1. The Labute approximate surface area is 96.8 Å². The van der Waals surface area contributed by atoms with Crippen molar-refractivity contribution in [3.8, 4) is 0 Å². The third kappa shape index (κ3) is 1.84. The first-order valence-electron chi connectivity index (χ1n) is 4.95. The summed E-state index contributed by atoms with van der Waals surface area (Å²) in [7, 11) is 0. The lowest BCUT2D eigenvalue weighted by Crippen LogP contribution is -2.31. The van der Waals surface area contributed by atoms with Crippen molar-refractivity contribution in [1.82, 2.24) is 5.32 Å². The molecule has 0 bridgehead atoms. The average Bonchev–Trinajstić information content (AvgIpc) is 2.59. The molecule has 0 aliphatic carbocycles. The molecule has 0 spiro atoms. The minimum absolute atomic E-state index is 0.0399. The summed E-state index contributed by atoms with van der Waals surface area (Å²) in [6, 6.07) is 3.79. The SMILES string of the molecule is Cc1ccc(C(=O)O)cc1N1C(=O)CNC1=O. The first kappa shape index (κ1) is 11.1. The van der Waals surface area contributed by atoms with Crippen molar-refractivity contribution in [2.45, 2.75) is 6.92 Å². The van der Waals surface area contributed by atoms with Crippen LogP contribution in [-0.4, -0.2) is 29.6 Å². The molecule has 1 heterocycles. The quantitative estimate of drug-likeness (QED) is 0.739. The molecule has 0 radical (unpaired) electrons. The molecule has 1 aliphatic rings. The molecule has 1 aliphatic heterocycles. The van der Waals surface area contributed by atoms with E-state index in [1.54, 1.807) is 13.0 Å². The van der Waals surface area contributed by atoms with Gasteiger partial charge in [0.05, 0.1) is 17.8 Å². The van der Waals surface area contributed by atoms with Gasteiger partial charge in [0.1, 0.15) is 0 Å². The molecule has 2 rings (SSSR count). The number of imide groups is 1. The summed E-state index contributed by atoms with van der Waals surface area (Å²) in [5, 5.41) is 11.3. The van der Waals surface area contributed by atoms with E-state index in [1.807, 2.05) is 0 Å². The molecule has 1 saturated heterocycles. The van der Waals surface area contributed by atoms with Gasteiger partial charge in [0.2, 0.25) is 0 Å². The fraction of sp³-hybridized carbons (Fsp3) is 0.182. The zero-order chi connectivity index (χ0) is 12.6. The summed E-state index contributed by atoms with van der Waals surface area (Å²) in [5.74, 6) is -1.49. The monoisotopic (exact) mass is 234 g/mol. The van der Waals surface area contributed by atoms with E-state index in [0.29, 0.717) is 11.3 Å². The summed E-state index contributed by atoms with van der Waals surface area (Å²) in [4.78, 5) is 34.8. The normalized spacial score (nSPS) is 15.0. The summed E-state index contributed by atoms with van der Waals surface area (Å²) in [5.41, 5.74) is 1.02.